The third kappa shape index (κ3) is 4.57. The minimum absolute atomic E-state index is 0.0389. The Morgan fingerprint density at radius 2 is 2.00 bits per heavy atom. The van der Waals surface area contributed by atoms with Gasteiger partial charge in [-0.15, -0.1) is 0 Å². The van der Waals surface area contributed by atoms with Gasteiger partial charge in [0.1, 0.15) is 0 Å². The average molecular weight is 308 g/mol. The van der Waals surface area contributed by atoms with Crippen molar-refractivity contribution in [2.45, 2.75) is 45.1 Å². The highest BCUT2D eigenvalue weighted by Crippen LogP contribution is 2.20. The van der Waals surface area contributed by atoms with Crippen molar-refractivity contribution in [1.82, 2.24) is 9.80 Å². The van der Waals surface area contributed by atoms with Gasteiger partial charge in [0, 0.05) is 19.1 Å². The van der Waals surface area contributed by atoms with Crippen LogP contribution in [0, 0.1) is 5.92 Å². The van der Waals surface area contributed by atoms with Gasteiger partial charge in [0.15, 0.2) is 0 Å². The van der Waals surface area contributed by atoms with Crippen LogP contribution < -0.4 is 0 Å². The Bertz CT molecular complexity index is 414. The molecule has 0 aromatic heterocycles. The van der Waals surface area contributed by atoms with E-state index in [4.69, 9.17) is 4.74 Å². The van der Waals surface area contributed by atoms with Crippen molar-refractivity contribution in [2.24, 2.45) is 5.92 Å². The first-order chi connectivity index (χ1) is 10.6. The number of carbonyl (C=O) groups excluding carboxylic acids is 2. The van der Waals surface area contributed by atoms with Crippen molar-refractivity contribution in [3.8, 4) is 0 Å². The van der Waals surface area contributed by atoms with Crippen LogP contribution in [0.3, 0.4) is 0 Å². The fourth-order valence-corrected chi connectivity index (χ4v) is 3.22. The highest BCUT2D eigenvalue weighted by molar-refractivity contribution is 5.79. The molecular weight excluding hydrogens is 280 g/mol. The molecule has 22 heavy (non-hydrogen) atoms. The number of rotatable bonds is 5. The lowest BCUT2D eigenvalue weighted by molar-refractivity contribution is -0.151. The van der Waals surface area contributed by atoms with Crippen molar-refractivity contribution >= 4 is 11.9 Å². The fraction of sp³-hybridized carbons (Fsp3) is 0.765. The summed E-state index contributed by atoms with van der Waals surface area (Å²) in [4.78, 5) is 28.1. The molecule has 0 radical (unpaired) electrons. The van der Waals surface area contributed by atoms with E-state index in [1.165, 1.54) is 6.42 Å². The summed E-state index contributed by atoms with van der Waals surface area (Å²) in [5.74, 6) is 0.0193. The molecule has 124 valence electrons. The Morgan fingerprint density at radius 1 is 1.27 bits per heavy atom. The van der Waals surface area contributed by atoms with Crippen molar-refractivity contribution in [3.05, 3.63) is 12.2 Å². The van der Waals surface area contributed by atoms with Crippen LogP contribution in [0.25, 0.3) is 0 Å². The van der Waals surface area contributed by atoms with Crippen LogP contribution >= 0.6 is 0 Å². The number of carbonyl (C=O) groups is 2. The van der Waals surface area contributed by atoms with Crippen LogP contribution in [0.2, 0.25) is 0 Å². The molecule has 0 aromatic carbocycles. The van der Waals surface area contributed by atoms with Crippen LogP contribution in [0.1, 0.15) is 39.0 Å². The maximum Gasteiger partial charge on any atom is 0.309 e. The second kappa shape index (κ2) is 8.32. The van der Waals surface area contributed by atoms with Gasteiger partial charge in [-0.05, 0) is 46.1 Å². The van der Waals surface area contributed by atoms with E-state index in [0.717, 1.165) is 25.7 Å². The third-order valence-corrected chi connectivity index (χ3v) is 4.65. The lowest BCUT2D eigenvalue weighted by Crippen LogP contribution is -2.46. The van der Waals surface area contributed by atoms with Crippen molar-refractivity contribution in [1.29, 1.82) is 0 Å². The number of nitrogens with zero attached hydrogens (tertiary/aromatic N) is 2. The molecule has 5 heteroatoms. The molecule has 1 amide bonds. The predicted molar refractivity (Wildman–Crippen MR) is 85.3 cm³/mol. The topological polar surface area (TPSA) is 49.9 Å². The number of ether oxygens (including phenoxy) is 1. The lowest BCUT2D eigenvalue weighted by atomic mass is 9.97. The van der Waals surface area contributed by atoms with Gasteiger partial charge in [-0.2, -0.15) is 0 Å². The zero-order chi connectivity index (χ0) is 15.9. The smallest absolute Gasteiger partial charge is 0.309 e. The number of likely N-dealkylation sites (tertiary alicyclic amines) is 1. The second-order valence-corrected chi connectivity index (χ2v) is 6.25. The van der Waals surface area contributed by atoms with E-state index in [9.17, 15) is 9.59 Å². The first-order valence-corrected chi connectivity index (χ1v) is 8.43. The molecule has 1 fully saturated rings. The van der Waals surface area contributed by atoms with Gasteiger partial charge in [0.25, 0.3) is 0 Å². The molecule has 0 unspecified atom stereocenters. The normalized spacial score (nSPS) is 22.9. The molecule has 2 aliphatic rings. The molecule has 0 spiro atoms. The Hall–Kier alpha value is -1.36. The molecule has 5 nitrogen and oxygen atoms in total. The average Bonchev–Trinajstić information content (AvgIpc) is 2.56. The molecule has 1 aliphatic carbocycles. The summed E-state index contributed by atoms with van der Waals surface area (Å²) in [5, 5.41) is 0. The number of likely N-dealkylation sites (N-methyl/N-ethyl adjacent to an activating group) is 1. The number of esters is 1. The van der Waals surface area contributed by atoms with Crippen LogP contribution in [0.5, 0.6) is 0 Å². The third-order valence-electron chi connectivity index (χ3n) is 4.65. The van der Waals surface area contributed by atoms with Gasteiger partial charge in [-0.3, -0.25) is 14.5 Å². The SMILES string of the molecule is CCOC(=O)C1CCN(C(=O)CN(C)[C@@H]2C=CCCC2)CC1. The van der Waals surface area contributed by atoms with Crippen LogP contribution in [0.4, 0.5) is 0 Å². The van der Waals surface area contributed by atoms with Gasteiger partial charge < -0.3 is 9.64 Å². The number of allylic oxidation sites excluding steroid dienone is 1. The van der Waals surface area contributed by atoms with Gasteiger partial charge in [-0.1, -0.05) is 12.2 Å². The molecule has 0 aromatic rings. The van der Waals surface area contributed by atoms with Crippen LogP contribution in [-0.4, -0.2) is 61.0 Å². The van der Waals surface area contributed by atoms with Gasteiger partial charge >= 0.3 is 5.97 Å². The Labute approximate surface area is 133 Å². The number of amides is 1. The number of hydrogen-bond donors (Lipinski definition) is 0. The molecule has 1 aliphatic heterocycles. The summed E-state index contributed by atoms with van der Waals surface area (Å²) < 4.78 is 5.06. The highest BCUT2D eigenvalue weighted by Gasteiger charge is 2.29. The Kier molecular flexibility index (Phi) is 6.43. The van der Waals surface area contributed by atoms with Crippen molar-refractivity contribution in [2.75, 3.05) is 33.3 Å². The van der Waals surface area contributed by atoms with Crippen LogP contribution in [-0.2, 0) is 14.3 Å². The van der Waals surface area contributed by atoms with Crippen LogP contribution in [0.15, 0.2) is 12.2 Å². The maximum atomic E-state index is 12.4. The first-order valence-electron chi connectivity index (χ1n) is 8.43. The molecule has 1 saturated heterocycles. The van der Waals surface area contributed by atoms with Gasteiger partial charge in [0.05, 0.1) is 19.1 Å². The minimum atomic E-state index is -0.112. The van der Waals surface area contributed by atoms with E-state index in [2.05, 4.69) is 17.1 Å². The van der Waals surface area contributed by atoms with E-state index >= 15 is 0 Å². The monoisotopic (exact) mass is 308 g/mol. The van der Waals surface area contributed by atoms with Crippen molar-refractivity contribution in [3.63, 3.8) is 0 Å². The van der Waals surface area contributed by atoms with E-state index in [-0.39, 0.29) is 17.8 Å². The quantitative estimate of drug-likeness (QED) is 0.574. The zero-order valence-electron chi connectivity index (χ0n) is 13.8. The molecule has 2 rings (SSSR count). The van der Waals surface area contributed by atoms with E-state index in [1.807, 2.05) is 18.9 Å². The maximum absolute atomic E-state index is 12.4. The highest BCUT2D eigenvalue weighted by atomic mass is 16.5. The lowest BCUT2D eigenvalue weighted by Gasteiger charge is -2.33. The predicted octanol–water partition coefficient (Wildman–Crippen LogP) is 1.83. The molecule has 0 bridgehead atoms. The first kappa shape index (κ1) is 17.0. The molecule has 1 atom stereocenters. The van der Waals surface area contributed by atoms with E-state index in [0.29, 0.717) is 32.3 Å². The summed E-state index contributed by atoms with van der Waals surface area (Å²) in [6.07, 6.45) is 9.34. The second-order valence-electron chi connectivity index (χ2n) is 6.25. The van der Waals surface area contributed by atoms with E-state index < -0.39 is 0 Å². The van der Waals surface area contributed by atoms with Gasteiger partial charge in [-0.25, -0.2) is 0 Å². The summed E-state index contributed by atoms with van der Waals surface area (Å²) in [7, 11) is 2.02. The molecule has 0 N–H and O–H groups in total. The van der Waals surface area contributed by atoms with Gasteiger partial charge in [0.2, 0.25) is 5.91 Å². The van der Waals surface area contributed by atoms with Crippen molar-refractivity contribution < 1.29 is 14.3 Å². The number of piperidine rings is 1. The zero-order valence-corrected chi connectivity index (χ0v) is 13.8. The Morgan fingerprint density at radius 3 is 2.59 bits per heavy atom. The minimum Gasteiger partial charge on any atom is -0.466 e. The Balaban J connectivity index is 1.76. The summed E-state index contributed by atoms with van der Waals surface area (Å²) in [6.45, 7) is 4.04. The van der Waals surface area contributed by atoms with E-state index in [1.54, 1.807) is 0 Å². The number of hydrogen-bond acceptors (Lipinski definition) is 4. The molecule has 0 saturated carbocycles. The fourth-order valence-electron chi connectivity index (χ4n) is 3.22. The summed E-state index contributed by atoms with van der Waals surface area (Å²) in [5.41, 5.74) is 0. The summed E-state index contributed by atoms with van der Waals surface area (Å²) >= 11 is 0. The summed E-state index contributed by atoms with van der Waals surface area (Å²) in [6, 6.07) is 0.384. The molecule has 1 heterocycles. The largest absolute Gasteiger partial charge is 0.466 e. The standard InChI is InChI=1S/C17H28N2O3/c1-3-22-17(21)14-9-11-19(12-10-14)16(20)13-18(2)15-7-5-4-6-8-15/h5,7,14-15H,3-4,6,8-13H2,1-2H3/t15-/m1/s1. The molecular formula is C17H28N2O3.